The van der Waals surface area contributed by atoms with Gasteiger partial charge in [0.25, 0.3) is 0 Å². The molecule has 0 saturated carbocycles. The average Bonchev–Trinajstić information content (AvgIpc) is 3.64. The van der Waals surface area contributed by atoms with Crippen molar-refractivity contribution in [3.8, 4) is 5.75 Å². The summed E-state index contributed by atoms with van der Waals surface area (Å²) in [7, 11) is -9.11. The molecule has 0 saturated heterocycles. The molecule has 0 aromatic heterocycles. The summed E-state index contributed by atoms with van der Waals surface area (Å²) in [5, 5.41) is 37.4. The zero-order valence-electron chi connectivity index (χ0n) is 41.5. The van der Waals surface area contributed by atoms with Crippen LogP contribution < -0.4 is 109 Å². The van der Waals surface area contributed by atoms with Gasteiger partial charge in [-0.25, -0.2) is 16.8 Å². The summed E-state index contributed by atoms with van der Waals surface area (Å²) in [6.07, 6.45) is 14.1. The third-order valence-corrected chi connectivity index (χ3v) is 15.3. The van der Waals surface area contributed by atoms with Crippen LogP contribution in [0.5, 0.6) is 5.75 Å². The van der Waals surface area contributed by atoms with Crippen LogP contribution in [0, 0.1) is 0 Å². The number of benzene rings is 3. The van der Waals surface area contributed by atoms with Gasteiger partial charge in [0.05, 0.1) is 39.1 Å². The van der Waals surface area contributed by atoms with Gasteiger partial charge in [0.15, 0.2) is 5.71 Å². The summed E-state index contributed by atoms with van der Waals surface area (Å²) in [6.45, 7) is 9.70. The van der Waals surface area contributed by atoms with Crippen LogP contribution >= 0.6 is 24.1 Å². The van der Waals surface area contributed by atoms with Crippen molar-refractivity contribution < 1.29 is 158 Å². The van der Waals surface area contributed by atoms with Gasteiger partial charge >= 0.3 is 88.7 Å². The molecule has 0 fully saturated rings. The third kappa shape index (κ3) is 17.1. The number of hydrogen-bond donors (Lipinski definition) is 1. The molecule has 1 N–H and O–H groups in total. The first-order chi connectivity index (χ1) is 32.4. The second kappa shape index (κ2) is 29.6. The first kappa shape index (κ1) is 64.4. The molecule has 2 heterocycles. The summed E-state index contributed by atoms with van der Waals surface area (Å²) in [5.74, 6) is 0.727. The second-order valence-electron chi connectivity index (χ2n) is 17.7. The van der Waals surface area contributed by atoms with Crippen molar-refractivity contribution in [1.29, 1.82) is 0 Å². The van der Waals surface area contributed by atoms with Crippen molar-refractivity contribution in [3.63, 3.8) is 0 Å². The summed E-state index contributed by atoms with van der Waals surface area (Å²) < 4.78 is 88.5. The molecular weight excluding hydrogens is 1030 g/mol. The Bertz CT molecular complexity index is 2680. The molecular formula is C48H57N2Na3O14S4. The maximum atomic E-state index is 12.2. The molecule has 23 heteroatoms. The van der Waals surface area contributed by atoms with Crippen LogP contribution in [0.2, 0.25) is 0 Å². The van der Waals surface area contributed by atoms with Crippen LogP contribution in [0.3, 0.4) is 0 Å². The van der Waals surface area contributed by atoms with Crippen LogP contribution in [0.25, 0.3) is 5.57 Å². The number of ether oxygens (including phenoxy) is 1. The minimum atomic E-state index is -4.73. The molecule has 16 nitrogen and oxygen atoms in total. The van der Waals surface area contributed by atoms with Crippen LogP contribution in [0.4, 0.5) is 11.4 Å². The zero-order valence-corrected chi connectivity index (χ0v) is 50.7. The topological polar surface area (TPSA) is 233 Å². The number of nitrogens with zero attached hydrogens (tertiary/aromatic N) is 2. The Morgan fingerprint density at radius 2 is 1.56 bits per heavy atom. The molecule has 0 spiro atoms. The Hall–Kier alpha value is -0.870. The van der Waals surface area contributed by atoms with Gasteiger partial charge in [-0.1, -0.05) is 38.1 Å². The fraction of sp³-hybridized carbons (Fsp3) is 0.438. The number of allylic oxidation sites excluding steroid dienone is 8. The maximum absolute atomic E-state index is 12.2. The predicted molar refractivity (Wildman–Crippen MR) is 254 cm³/mol. The Morgan fingerprint density at radius 3 is 2.27 bits per heavy atom. The van der Waals surface area contributed by atoms with Gasteiger partial charge in [-0.05, 0) is 142 Å². The number of hydrogen-bond acceptors (Lipinski definition) is 17. The largest absolute Gasteiger partial charge is 1.00 e. The van der Waals surface area contributed by atoms with Crippen molar-refractivity contribution in [2.75, 3.05) is 42.7 Å². The van der Waals surface area contributed by atoms with Gasteiger partial charge in [0.1, 0.15) is 22.4 Å². The monoisotopic (exact) mass is 1080 g/mol. The van der Waals surface area contributed by atoms with E-state index >= 15 is 0 Å². The molecule has 370 valence electrons. The molecule has 2 aliphatic heterocycles. The number of fused-ring (bicyclic) bond motifs is 2. The van der Waals surface area contributed by atoms with Crippen molar-refractivity contribution in [3.05, 3.63) is 119 Å². The van der Waals surface area contributed by atoms with Crippen LogP contribution in [-0.4, -0.2) is 79.1 Å². The molecule has 3 aliphatic rings. The minimum absolute atomic E-state index is 0. The minimum Gasteiger partial charge on any atom is -0.748 e. The molecule has 0 radical (unpaired) electrons. The number of rotatable bonds is 25. The SMILES string of the molecule is CC1(C)C(/C=C/C2=C(c3cccc(OCCCCO)c3)C(=C/C=C3/N(CCCCSOO[O-])c4ccc(S(=O)(=O)[O-])cc4C3(C)C)/CCC2)=[N+](CCCCS(=O)(=O)[O-])c2ccc(SOO[O-])cc21.[Na+].[Na+].[Na+]. The number of aliphatic hydroxyl groups is 1. The number of unbranched alkanes of at least 4 members (excludes halogenated alkanes) is 3. The Kier molecular flexibility index (Phi) is 26.8. The van der Waals surface area contributed by atoms with Gasteiger partial charge in [0, 0.05) is 82.5 Å². The van der Waals surface area contributed by atoms with E-state index in [-0.39, 0.29) is 107 Å². The van der Waals surface area contributed by atoms with Gasteiger partial charge in [-0.15, -0.1) is 0 Å². The molecule has 71 heavy (non-hydrogen) atoms. The van der Waals surface area contributed by atoms with Crippen molar-refractivity contribution >= 4 is 67.0 Å². The van der Waals surface area contributed by atoms with E-state index in [1.165, 1.54) is 12.1 Å². The van der Waals surface area contributed by atoms with Crippen LogP contribution in [0.1, 0.15) is 102 Å². The van der Waals surface area contributed by atoms with Gasteiger partial charge < -0.3 is 34.4 Å². The molecule has 6 rings (SSSR count). The molecule has 0 atom stereocenters. The quantitative estimate of drug-likeness (QED) is 0.0187. The second-order valence-corrected chi connectivity index (χ2v) is 22.2. The van der Waals surface area contributed by atoms with E-state index in [1.54, 1.807) is 6.07 Å². The van der Waals surface area contributed by atoms with Gasteiger partial charge in [0.2, 0.25) is 5.69 Å². The van der Waals surface area contributed by atoms with E-state index in [0.29, 0.717) is 73.8 Å². The van der Waals surface area contributed by atoms with Gasteiger partial charge in [-0.3, -0.25) is 10.1 Å². The van der Waals surface area contributed by atoms with E-state index in [2.05, 4.69) is 66.4 Å². The van der Waals surface area contributed by atoms with Crippen LogP contribution in [0.15, 0.2) is 112 Å². The Morgan fingerprint density at radius 1 is 0.803 bits per heavy atom. The van der Waals surface area contributed by atoms with E-state index in [4.69, 9.17) is 4.74 Å². The summed E-state index contributed by atoms with van der Waals surface area (Å²) >= 11 is 1.71. The summed E-state index contributed by atoms with van der Waals surface area (Å²) in [4.78, 5) is 2.50. The van der Waals surface area contributed by atoms with E-state index in [1.807, 2.05) is 56.3 Å². The zero-order chi connectivity index (χ0) is 49.1. The van der Waals surface area contributed by atoms with E-state index < -0.39 is 36.8 Å². The molecule has 0 bridgehead atoms. The molecule has 1 aliphatic carbocycles. The molecule has 3 aromatic rings. The summed E-state index contributed by atoms with van der Waals surface area (Å²) in [6, 6.07) is 18.1. The summed E-state index contributed by atoms with van der Waals surface area (Å²) in [5.41, 5.74) is 7.98. The first-order valence-corrected chi connectivity index (χ1v) is 27.0. The number of aliphatic hydroxyl groups excluding tert-OH is 1. The normalized spacial score (nSPS) is 17.3. The Balaban J connectivity index is 0.00000444. The predicted octanol–water partition coefficient (Wildman–Crippen LogP) is -1.86. The van der Waals surface area contributed by atoms with Gasteiger partial charge in [-0.2, -0.15) is 13.2 Å². The number of anilines is 1. The molecule has 0 unspecified atom stereocenters. The third-order valence-electron chi connectivity index (χ3n) is 12.5. The van der Waals surface area contributed by atoms with E-state index in [0.717, 1.165) is 94.0 Å². The van der Waals surface area contributed by atoms with Crippen molar-refractivity contribution in [2.45, 2.75) is 106 Å². The Labute approximate surface area is 492 Å². The smallest absolute Gasteiger partial charge is 0.748 e. The fourth-order valence-corrected chi connectivity index (χ4v) is 11.1. The van der Waals surface area contributed by atoms with Crippen molar-refractivity contribution in [2.24, 2.45) is 0 Å². The van der Waals surface area contributed by atoms with Crippen molar-refractivity contribution in [1.82, 2.24) is 0 Å². The standard InChI is InChI=1S/C48H60N2O14S4.3Na/c1-47(2)40-32-38(66-64-62-53)19-21-42(40)50(26-6-10-30-67(54,55)56)44(47)23-17-34-13-11-14-35(46(34)36-15-12-16-37(31-36)60-28-8-7-27-51)18-24-45-48(3,4)41-33-39(68(57,58)59)20-22-43(41)49(45)25-5-9-29-65-63-61-52;;;/h12,15-24,31-33,51H,5-11,13-14,25-30H2,1-4H3,(H3-,52,53,54,55,56,57,58,59);;;/q;3*+1/p-3. The average molecular weight is 1080 g/mol. The molecule has 3 aromatic carbocycles. The first-order valence-electron chi connectivity index (χ1n) is 22.4. The maximum Gasteiger partial charge on any atom is 1.00 e. The van der Waals surface area contributed by atoms with Crippen LogP contribution in [-0.2, 0) is 49.8 Å². The van der Waals surface area contributed by atoms with E-state index in [9.17, 15) is 41.6 Å². The molecule has 0 amide bonds. The fourth-order valence-electron chi connectivity index (χ4n) is 9.22.